The lowest BCUT2D eigenvalue weighted by Gasteiger charge is -2.34. The van der Waals surface area contributed by atoms with Gasteiger partial charge in [0.2, 0.25) is 5.91 Å². The number of amides is 2. The van der Waals surface area contributed by atoms with E-state index in [-0.39, 0.29) is 25.0 Å². The van der Waals surface area contributed by atoms with Crippen LogP contribution in [-0.2, 0) is 22.6 Å². The Morgan fingerprint density at radius 3 is 2.33 bits per heavy atom. The highest BCUT2D eigenvalue weighted by Crippen LogP contribution is 2.23. The summed E-state index contributed by atoms with van der Waals surface area (Å²) in [7, 11) is 0. The number of ether oxygens (including phenoxy) is 1. The van der Waals surface area contributed by atoms with Crippen LogP contribution in [0.4, 0.5) is 0 Å². The molecule has 0 saturated carbocycles. The van der Waals surface area contributed by atoms with Crippen molar-refractivity contribution in [2.75, 3.05) is 6.61 Å². The van der Waals surface area contributed by atoms with Gasteiger partial charge in [-0.1, -0.05) is 76.1 Å². The molecule has 1 atom stereocenters. The van der Waals surface area contributed by atoms with Gasteiger partial charge in [-0.15, -0.1) is 0 Å². The first-order valence-electron chi connectivity index (χ1n) is 11.8. The standard InChI is InChI=1S/C29H32BrClN2O3/c1-20-16-23(14-15-24(20)30)36-19-27(34)33(18-22-12-8-9-13-25(22)31)26(28(35)32-29(2,3)4)17-21-10-6-5-7-11-21/h5-16,26H,17-19H2,1-4H3,(H,32,35). The van der Waals surface area contributed by atoms with Crippen molar-refractivity contribution in [1.29, 1.82) is 0 Å². The maximum atomic E-state index is 13.7. The second-order valence-electron chi connectivity index (χ2n) is 9.76. The van der Waals surface area contributed by atoms with Crippen LogP contribution in [0.3, 0.4) is 0 Å². The van der Waals surface area contributed by atoms with E-state index in [1.807, 2.05) is 88.4 Å². The summed E-state index contributed by atoms with van der Waals surface area (Å²) >= 11 is 9.93. The summed E-state index contributed by atoms with van der Waals surface area (Å²) in [5, 5.41) is 3.59. The number of carbonyl (C=O) groups is 2. The predicted octanol–water partition coefficient (Wildman–Crippen LogP) is 6.34. The lowest BCUT2D eigenvalue weighted by Crippen LogP contribution is -2.55. The molecule has 0 saturated heterocycles. The van der Waals surface area contributed by atoms with Gasteiger partial charge in [0.25, 0.3) is 5.91 Å². The molecule has 0 bridgehead atoms. The largest absolute Gasteiger partial charge is 0.484 e. The maximum Gasteiger partial charge on any atom is 0.261 e. The summed E-state index contributed by atoms with van der Waals surface area (Å²) in [5.74, 6) is 0.0484. The molecule has 190 valence electrons. The highest BCUT2D eigenvalue weighted by atomic mass is 79.9. The molecule has 0 heterocycles. The van der Waals surface area contributed by atoms with E-state index < -0.39 is 11.6 Å². The van der Waals surface area contributed by atoms with Crippen molar-refractivity contribution in [3.8, 4) is 5.75 Å². The molecule has 0 aliphatic rings. The molecule has 3 rings (SSSR count). The smallest absolute Gasteiger partial charge is 0.261 e. The Kier molecular flexibility index (Phi) is 9.57. The minimum Gasteiger partial charge on any atom is -0.484 e. The molecule has 0 spiro atoms. The maximum absolute atomic E-state index is 13.7. The fraction of sp³-hybridized carbons (Fsp3) is 0.310. The molecule has 1 unspecified atom stereocenters. The van der Waals surface area contributed by atoms with Gasteiger partial charge >= 0.3 is 0 Å². The normalized spacial score (nSPS) is 12.1. The quantitative estimate of drug-likeness (QED) is 0.326. The van der Waals surface area contributed by atoms with Crippen molar-refractivity contribution >= 4 is 39.3 Å². The Labute approximate surface area is 226 Å². The molecular formula is C29H32BrClN2O3. The van der Waals surface area contributed by atoms with Crippen molar-refractivity contribution in [1.82, 2.24) is 10.2 Å². The van der Waals surface area contributed by atoms with Gasteiger partial charge in [0.1, 0.15) is 11.8 Å². The lowest BCUT2D eigenvalue weighted by atomic mass is 10.0. The number of halogens is 2. The van der Waals surface area contributed by atoms with Crippen molar-refractivity contribution in [3.63, 3.8) is 0 Å². The van der Waals surface area contributed by atoms with Gasteiger partial charge in [-0.25, -0.2) is 0 Å². The van der Waals surface area contributed by atoms with Gasteiger partial charge in [-0.05, 0) is 68.7 Å². The van der Waals surface area contributed by atoms with E-state index in [0.29, 0.717) is 17.2 Å². The minimum atomic E-state index is -0.759. The SMILES string of the molecule is Cc1cc(OCC(=O)N(Cc2ccccc2Cl)C(Cc2ccccc2)C(=O)NC(C)(C)C)ccc1Br. The summed E-state index contributed by atoms with van der Waals surface area (Å²) in [6, 6.07) is 21.8. The van der Waals surface area contributed by atoms with Crippen LogP contribution >= 0.6 is 27.5 Å². The van der Waals surface area contributed by atoms with E-state index in [0.717, 1.165) is 21.2 Å². The fourth-order valence-electron chi connectivity index (χ4n) is 3.75. The Balaban J connectivity index is 1.94. The van der Waals surface area contributed by atoms with Gasteiger partial charge in [0.15, 0.2) is 6.61 Å². The summed E-state index contributed by atoms with van der Waals surface area (Å²) < 4.78 is 6.82. The number of hydrogen-bond donors (Lipinski definition) is 1. The first-order valence-corrected chi connectivity index (χ1v) is 13.0. The van der Waals surface area contributed by atoms with E-state index >= 15 is 0 Å². The Morgan fingerprint density at radius 2 is 1.69 bits per heavy atom. The van der Waals surface area contributed by atoms with Crippen LogP contribution in [-0.4, -0.2) is 34.9 Å². The molecule has 0 aliphatic carbocycles. The monoisotopic (exact) mass is 570 g/mol. The zero-order chi connectivity index (χ0) is 26.3. The predicted molar refractivity (Wildman–Crippen MR) is 148 cm³/mol. The number of rotatable bonds is 9. The molecule has 0 aromatic heterocycles. The van der Waals surface area contributed by atoms with Gasteiger partial charge in [0, 0.05) is 28.0 Å². The fourth-order valence-corrected chi connectivity index (χ4v) is 4.19. The second kappa shape index (κ2) is 12.4. The van der Waals surface area contributed by atoms with Gasteiger partial charge in [-0.2, -0.15) is 0 Å². The summed E-state index contributed by atoms with van der Waals surface area (Å²) in [4.78, 5) is 28.8. The van der Waals surface area contributed by atoms with Crippen LogP contribution in [0.5, 0.6) is 5.75 Å². The van der Waals surface area contributed by atoms with Crippen LogP contribution in [0.15, 0.2) is 77.3 Å². The molecule has 5 nitrogen and oxygen atoms in total. The molecule has 3 aromatic rings. The molecule has 0 aliphatic heterocycles. The van der Waals surface area contributed by atoms with E-state index in [2.05, 4.69) is 21.2 Å². The molecule has 7 heteroatoms. The van der Waals surface area contributed by atoms with Crippen LogP contribution in [0.1, 0.15) is 37.5 Å². The minimum absolute atomic E-state index is 0.177. The molecular weight excluding hydrogens is 540 g/mol. The zero-order valence-electron chi connectivity index (χ0n) is 21.1. The van der Waals surface area contributed by atoms with Crippen LogP contribution < -0.4 is 10.1 Å². The molecule has 3 aromatic carbocycles. The molecule has 1 N–H and O–H groups in total. The number of nitrogens with one attached hydrogen (secondary N) is 1. The van der Waals surface area contributed by atoms with Crippen molar-refractivity contribution in [2.24, 2.45) is 0 Å². The van der Waals surface area contributed by atoms with Gasteiger partial charge in [-0.3, -0.25) is 9.59 Å². The van der Waals surface area contributed by atoms with Gasteiger partial charge in [0.05, 0.1) is 0 Å². The average molecular weight is 572 g/mol. The first kappa shape index (κ1) is 27.8. The van der Waals surface area contributed by atoms with Crippen molar-refractivity contribution in [3.05, 3.63) is 99.0 Å². The third-order valence-electron chi connectivity index (χ3n) is 5.56. The van der Waals surface area contributed by atoms with Crippen LogP contribution in [0.2, 0.25) is 5.02 Å². The molecule has 0 fully saturated rings. The van der Waals surface area contributed by atoms with Crippen LogP contribution in [0.25, 0.3) is 0 Å². The van der Waals surface area contributed by atoms with Gasteiger partial charge < -0.3 is 15.0 Å². The third kappa shape index (κ3) is 8.10. The summed E-state index contributed by atoms with van der Waals surface area (Å²) in [6.07, 6.45) is 0.357. The van der Waals surface area contributed by atoms with E-state index in [1.54, 1.807) is 17.0 Å². The second-order valence-corrected chi connectivity index (χ2v) is 11.0. The number of benzene rings is 3. The molecule has 2 amide bonds. The number of nitrogens with zero attached hydrogens (tertiary/aromatic N) is 1. The van der Waals surface area contributed by atoms with E-state index in [9.17, 15) is 9.59 Å². The van der Waals surface area contributed by atoms with Crippen LogP contribution in [0, 0.1) is 6.92 Å². The number of aryl methyl sites for hydroxylation is 1. The highest BCUT2D eigenvalue weighted by molar-refractivity contribution is 9.10. The molecule has 36 heavy (non-hydrogen) atoms. The summed E-state index contributed by atoms with van der Waals surface area (Å²) in [6.45, 7) is 7.68. The van der Waals surface area contributed by atoms with E-state index in [4.69, 9.17) is 16.3 Å². The first-order chi connectivity index (χ1) is 17.0. The topological polar surface area (TPSA) is 58.6 Å². The van der Waals surface area contributed by atoms with Crippen molar-refractivity contribution < 1.29 is 14.3 Å². The molecule has 0 radical (unpaired) electrons. The average Bonchev–Trinajstić information content (AvgIpc) is 2.82. The third-order valence-corrected chi connectivity index (χ3v) is 6.82. The number of carbonyl (C=O) groups excluding carboxylic acids is 2. The van der Waals surface area contributed by atoms with Crippen molar-refractivity contribution in [2.45, 2.75) is 52.2 Å². The Morgan fingerprint density at radius 1 is 1.03 bits per heavy atom. The summed E-state index contributed by atoms with van der Waals surface area (Å²) in [5.41, 5.74) is 2.25. The Bertz CT molecular complexity index is 1190. The number of hydrogen-bond acceptors (Lipinski definition) is 3. The Hall–Kier alpha value is -2.83. The lowest BCUT2D eigenvalue weighted by molar-refractivity contribution is -0.143. The zero-order valence-corrected chi connectivity index (χ0v) is 23.4. The highest BCUT2D eigenvalue weighted by Gasteiger charge is 2.32. The van der Waals surface area contributed by atoms with E-state index in [1.165, 1.54) is 0 Å².